The standard InChI is InChI=1S/C46H47NO5SSi/c1-37-29-31-42(32-30-37)53(49,50)47(35-19-24-38-20-11-7-12-21-38)43(36-51-54(5,6)45(2,3)4)46(41-27-17-10-18-28-41,34-33-39-22-13-8-14-23-39)52-44(48)40-25-15-9-16-26-40/h7-18,20-23,25-32,43H,35-36H2,1-6H3/t43-,46+/m0/s1. The molecule has 0 fully saturated rings. The Morgan fingerprint density at radius 2 is 1.22 bits per heavy atom. The highest BCUT2D eigenvalue weighted by Crippen LogP contribution is 2.40. The third-order valence-electron chi connectivity index (χ3n) is 9.73. The quantitative estimate of drug-likeness (QED) is 0.0765. The number of ether oxygens (including phenoxy) is 1. The van der Waals surface area contributed by atoms with Gasteiger partial charge in [0.25, 0.3) is 0 Å². The van der Waals surface area contributed by atoms with Crippen LogP contribution in [0.5, 0.6) is 0 Å². The SMILES string of the molecule is Cc1ccc(S(=O)(=O)N(CC#Cc2ccccc2)[C@@H](CO[Si](C)(C)C(C)(C)C)[C@](C#Cc2ccccc2)(OC(=O)c2ccccc2)c2ccccc2)cc1. The number of sulfonamides is 1. The van der Waals surface area contributed by atoms with Gasteiger partial charge in [-0.3, -0.25) is 0 Å². The van der Waals surface area contributed by atoms with E-state index in [4.69, 9.17) is 9.16 Å². The molecule has 0 bridgehead atoms. The fourth-order valence-electron chi connectivity index (χ4n) is 5.51. The second kappa shape index (κ2) is 17.3. The maximum atomic E-state index is 15.2. The van der Waals surface area contributed by atoms with E-state index in [9.17, 15) is 4.79 Å². The van der Waals surface area contributed by atoms with Crippen LogP contribution in [0.15, 0.2) is 150 Å². The minimum absolute atomic E-state index is 0.0688. The number of esters is 1. The first kappa shape index (κ1) is 40.0. The molecule has 0 aliphatic carbocycles. The molecule has 0 aliphatic rings. The van der Waals surface area contributed by atoms with Gasteiger partial charge in [-0.15, -0.1) is 0 Å². The Morgan fingerprint density at radius 3 is 1.76 bits per heavy atom. The van der Waals surface area contributed by atoms with Crippen molar-refractivity contribution in [2.75, 3.05) is 13.2 Å². The molecule has 8 heteroatoms. The average Bonchev–Trinajstić information content (AvgIpc) is 3.17. The molecule has 0 saturated carbocycles. The van der Waals surface area contributed by atoms with Gasteiger partial charge in [0.05, 0.1) is 23.6 Å². The topological polar surface area (TPSA) is 72.9 Å². The lowest BCUT2D eigenvalue weighted by molar-refractivity contribution is -0.0340. The van der Waals surface area contributed by atoms with Gasteiger partial charge < -0.3 is 9.16 Å². The number of hydrogen-bond donors (Lipinski definition) is 0. The van der Waals surface area contributed by atoms with Crippen molar-refractivity contribution in [2.24, 2.45) is 0 Å². The molecule has 5 rings (SSSR count). The third-order valence-corrected chi connectivity index (χ3v) is 16.1. The Bertz CT molecular complexity index is 2230. The van der Waals surface area contributed by atoms with Crippen molar-refractivity contribution < 1.29 is 22.4 Å². The molecule has 5 aromatic carbocycles. The number of nitrogens with zero attached hydrogens (tertiary/aromatic N) is 1. The van der Waals surface area contributed by atoms with Gasteiger partial charge in [-0.25, -0.2) is 13.2 Å². The summed E-state index contributed by atoms with van der Waals surface area (Å²) >= 11 is 0. The van der Waals surface area contributed by atoms with E-state index in [1.165, 1.54) is 4.31 Å². The lowest BCUT2D eigenvalue weighted by Gasteiger charge is -2.44. The van der Waals surface area contributed by atoms with Gasteiger partial charge in [0.2, 0.25) is 15.6 Å². The molecule has 0 radical (unpaired) electrons. The van der Waals surface area contributed by atoms with Gasteiger partial charge in [0, 0.05) is 16.7 Å². The Labute approximate surface area is 322 Å². The van der Waals surface area contributed by atoms with Crippen molar-refractivity contribution in [2.45, 2.75) is 62.4 Å². The number of aryl methyl sites for hydroxylation is 1. The van der Waals surface area contributed by atoms with Crippen LogP contribution >= 0.6 is 0 Å². The molecular formula is C46H47NO5SSi. The van der Waals surface area contributed by atoms with Crippen molar-refractivity contribution in [3.8, 4) is 23.7 Å². The van der Waals surface area contributed by atoms with Crippen LogP contribution in [0.25, 0.3) is 0 Å². The van der Waals surface area contributed by atoms with Crippen LogP contribution in [0, 0.1) is 30.6 Å². The van der Waals surface area contributed by atoms with Crippen LogP contribution in [-0.2, 0) is 24.8 Å². The van der Waals surface area contributed by atoms with Crippen LogP contribution < -0.4 is 0 Å². The zero-order valence-corrected chi connectivity index (χ0v) is 33.6. The minimum atomic E-state index is -4.34. The van der Waals surface area contributed by atoms with E-state index >= 15 is 8.42 Å². The Kier molecular flexibility index (Phi) is 12.8. The van der Waals surface area contributed by atoms with E-state index < -0.39 is 36.0 Å². The number of benzene rings is 5. The first-order valence-electron chi connectivity index (χ1n) is 17.9. The summed E-state index contributed by atoms with van der Waals surface area (Å²) in [6.45, 7) is 12.1. The van der Waals surface area contributed by atoms with Crippen molar-refractivity contribution in [3.05, 3.63) is 173 Å². The van der Waals surface area contributed by atoms with Gasteiger partial charge in [-0.1, -0.05) is 141 Å². The van der Waals surface area contributed by atoms with Gasteiger partial charge >= 0.3 is 5.97 Å². The summed E-state index contributed by atoms with van der Waals surface area (Å²) in [6.07, 6.45) is 0. The predicted octanol–water partition coefficient (Wildman–Crippen LogP) is 9.23. The third kappa shape index (κ3) is 9.65. The maximum Gasteiger partial charge on any atom is 0.339 e. The fraction of sp³-hybridized carbons (Fsp3) is 0.239. The van der Waals surface area contributed by atoms with Crippen molar-refractivity contribution in [1.82, 2.24) is 4.31 Å². The Hall–Kier alpha value is -5.22. The Balaban J connectivity index is 1.85. The monoisotopic (exact) mass is 753 g/mol. The van der Waals surface area contributed by atoms with Crippen LogP contribution in [0.2, 0.25) is 18.1 Å². The van der Waals surface area contributed by atoms with E-state index in [0.717, 1.165) is 11.1 Å². The van der Waals surface area contributed by atoms with Crippen LogP contribution in [0.4, 0.5) is 0 Å². The number of carbonyl (C=O) groups excluding carboxylic acids is 1. The number of hydrogen-bond acceptors (Lipinski definition) is 5. The summed E-state index contributed by atoms with van der Waals surface area (Å²) in [5.74, 6) is 12.2. The number of rotatable bonds is 11. The van der Waals surface area contributed by atoms with Crippen LogP contribution in [0.3, 0.4) is 0 Å². The lowest BCUT2D eigenvalue weighted by atomic mass is 9.86. The highest BCUT2D eigenvalue weighted by atomic mass is 32.2. The molecule has 0 N–H and O–H groups in total. The molecule has 0 heterocycles. The van der Waals surface area contributed by atoms with Crippen molar-refractivity contribution in [1.29, 1.82) is 0 Å². The maximum absolute atomic E-state index is 15.2. The zero-order chi connectivity index (χ0) is 38.8. The molecule has 54 heavy (non-hydrogen) atoms. The van der Waals surface area contributed by atoms with Crippen LogP contribution in [0.1, 0.15) is 53.4 Å². The van der Waals surface area contributed by atoms with E-state index in [0.29, 0.717) is 16.7 Å². The average molecular weight is 754 g/mol. The lowest BCUT2D eigenvalue weighted by Crippen LogP contribution is -2.58. The molecule has 5 aromatic rings. The largest absolute Gasteiger partial charge is 0.436 e. The summed E-state index contributed by atoms with van der Waals surface area (Å²) in [7, 11) is -6.90. The first-order valence-corrected chi connectivity index (χ1v) is 22.3. The van der Waals surface area contributed by atoms with Gasteiger partial charge in [-0.2, -0.15) is 4.31 Å². The van der Waals surface area contributed by atoms with E-state index in [2.05, 4.69) is 57.5 Å². The summed E-state index contributed by atoms with van der Waals surface area (Å²) in [4.78, 5) is 14.4. The smallest absolute Gasteiger partial charge is 0.339 e. The molecule has 2 atom stereocenters. The van der Waals surface area contributed by atoms with Crippen LogP contribution in [-0.4, -0.2) is 46.2 Å². The van der Waals surface area contributed by atoms with Gasteiger partial charge in [0.15, 0.2) is 8.32 Å². The highest BCUT2D eigenvalue weighted by molar-refractivity contribution is 7.89. The van der Waals surface area contributed by atoms with Crippen molar-refractivity contribution in [3.63, 3.8) is 0 Å². The van der Waals surface area contributed by atoms with E-state index in [1.54, 1.807) is 48.5 Å². The Morgan fingerprint density at radius 1 is 0.722 bits per heavy atom. The molecular weight excluding hydrogens is 707 g/mol. The summed E-state index contributed by atoms with van der Waals surface area (Å²) in [5.41, 5.74) is 1.19. The first-order chi connectivity index (χ1) is 25.7. The predicted molar refractivity (Wildman–Crippen MR) is 219 cm³/mol. The molecule has 6 nitrogen and oxygen atoms in total. The molecule has 0 saturated heterocycles. The minimum Gasteiger partial charge on any atom is -0.436 e. The molecule has 0 aromatic heterocycles. The summed E-state index contributed by atoms with van der Waals surface area (Å²) in [6, 6.07) is 42.0. The zero-order valence-electron chi connectivity index (χ0n) is 31.7. The normalized spacial score (nSPS) is 13.4. The van der Waals surface area contributed by atoms with E-state index in [-0.39, 0.29) is 23.1 Å². The number of carbonyl (C=O) groups is 1. The molecule has 0 unspecified atom stereocenters. The van der Waals surface area contributed by atoms with Crippen molar-refractivity contribution >= 4 is 24.3 Å². The summed E-state index contributed by atoms with van der Waals surface area (Å²) < 4.78 is 45.3. The fourth-order valence-corrected chi connectivity index (χ4v) is 8.05. The molecule has 0 aliphatic heterocycles. The molecule has 276 valence electrons. The second-order valence-corrected chi connectivity index (χ2v) is 21.3. The van der Waals surface area contributed by atoms with Gasteiger partial charge in [0.1, 0.15) is 6.04 Å². The summed E-state index contributed by atoms with van der Waals surface area (Å²) in [5, 5.41) is -0.225. The van der Waals surface area contributed by atoms with Gasteiger partial charge in [-0.05, 0) is 79.5 Å². The second-order valence-electron chi connectivity index (χ2n) is 14.6. The van der Waals surface area contributed by atoms with E-state index in [1.807, 2.05) is 104 Å². The molecule has 0 spiro atoms. The highest BCUT2D eigenvalue weighted by Gasteiger charge is 2.51. The molecule has 0 amide bonds.